The van der Waals surface area contributed by atoms with Crippen LogP contribution in [0, 0.1) is 13.8 Å². The molecule has 0 aliphatic carbocycles. The largest absolute Gasteiger partial charge is 0.349 e. The van der Waals surface area contributed by atoms with Crippen molar-refractivity contribution < 1.29 is 4.79 Å². The summed E-state index contributed by atoms with van der Waals surface area (Å²) in [4.78, 5) is 19.5. The predicted molar refractivity (Wildman–Crippen MR) is 105 cm³/mol. The molecule has 3 heterocycles. The summed E-state index contributed by atoms with van der Waals surface area (Å²) in [6, 6.07) is 4.61. The SMILES string of the molecule is Cc1cc(C)c2nc(N3CCC(NC(=O)c4cnn(C)c4)CC3)sc2c1. The Morgan fingerprint density at radius 3 is 2.73 bits per heavy atom. The Labute approximate surface area is 156 Å². The number of carbonyl (C=O) groups is 1. The van der Waals surface area contributed by atoms with Gasteiger partial charge >= 0.3 is 0 Å². The maximum absolute atomic E-state index is 12.3. The number of carbonyl (C=O) groups excluding carboxylic acids is 1. The number of fused-ring (bicyclic) bond motifs is 1. The molecule has 1 saturated heterocycles. The third-order valence-electron chi connectivity index (χ3n) is 4.89. The highest BCUT2D eigenvalue weighted by atomic mass is 32.1. The van der Waals surface area contributed by atoms with E-state index in [1.165, 1.54) is 15.8 Å². The van der Waals surface area contributed by atoms with E-state index in [2.05, 4.69) is 41.3 Å². The van der Waals surface area contributed by atoms with Gasteiger partial charge in [0, 0.05) is 32.4 Å². The number of aromatic nitrogens is 3. The molecule has 6 nitrogen and oxygen atoms in total. The molecule has 26 heavy (non-hydrogen) atoms. The zero-order valence-electron chi connectivity index (χ0n) is 15.3. The number of hydrogen-bond acceptors (Lipinski definition) is 5. The summed E-state index contributed by atoms with van der Waals surface area (Å²) in [7, 11) is 1.82. The van der Waals surface area contributed by atoms with Gasteiger partial charge < -0.3 is 10.2 Å². The fourth-order valence-corrected chi connectivity index (χ4v) is 4.71. The van der Waals surface area contributed by atoms with Crippen molar-refractivity contribution in [2.24, 2.45) is 7.05 Å². The van der Waals surface area contributed by atoms with Crippen LogP contribution in [0.2, 0.25) is 0 Å². The molecule has 0 spiro atoms. The first-order valence-electron chi connectivity index (χ1n) is 8.92. The van der Waals surface area contributed by atoms with Crippen LogP contribution in [-0.2, 0) is 7.05 Å². The molecule has 4 rings (SSSR count). The van der Waals surface area contributed by atoms with Crippen molar-refractivity contribution in [3.63, 3.8) is 0 Å². The lowest BCUT2D eigenvalue weighted by Gasteiger charge is -2.32. The van der Waals surface area contributed by atoms with Crippen LogP contribution in [0.4, 0.5) is 5.13 Å². The summed E-state index contributed by atoms with van der Waals surface area (Å²) in [6.07, 6.45) is 5.21. The van der Waals surface area contributed by atoms with Gasteiger partial charge in [0.05, 0.1) is 22.0 Å². The van der Waals surface area contributed by atoms with E-state index >= 15 is 0 Å². The Balaban J connectivity index is 1.40. The summed E-state index contributed by atoms with van der Waals surface area (Å²) < 4.78 is 2.90. The standard InChI is InChI=1S/C19H23N5OS/c1-12-8-13(2)17-16(9-12)26-19(22-17)24-6-4-15(5-7-24)21-18(25)14-10-20-23(3)11-14/h8-11,15H,4-7H2,1-3H3,(H,21,25). The molecule has 0 bridgehead atoms. The Hall–Kier alpha value is -2.41. The molecule has 7 heteroatoms. The van der Waals surface area contributed by atoms with Crippen molar-refractivity contribution in [2.45, 2.75) is 32.7 Å². The molecular formula is C19H23N5OS. The first kappa shape index (κ1) is 17.0. The Bertz CT molecular complexity index is 952. The van der Waals surface area contributed by atoms with Crippen LogP contribution < -0.4 is 10.2 Å². The molecule has 2 aromatic heterocycles. The van der Waals surface area contributed by atoms with E-state index in [1.54, 1.807) is 28.4 Å². The van der Waals surface area contributed by atoms with Crippen LogP contribution in [0.5, 0.6) is 0 Å². The number of hydrogen-bond donors (Lipinski definition) is 1. The maximum atomic E-state index is 12.3. The molecule has 1 N–H and O–H groups in total. The van der Waals surface area contributed by atoms with Crippen molar-refractivity contribution in [1.82, 2.24) is 20.1 Å². The Kier molecular flexibility index (Phi) is 4.40. The number of nitrogens with zero attached hydrogens (tertiary/aromatic N) is 4. The van der Waals surface area contributed by atoms with Crippen LogP contribution in [-0.4, -0.2) is 39.8 Å². The lowest BCUT2D eigenvalue weighted by molar-refractivity contribution is 0.0931. The fourth-order valence-electron chi connectivity index (χ4n) is 3.52. The van der Waals surface area contributed by atoms with Gasteiger partial charge in [-0.15, -0.1) is 0 Å². The number of anilines is 1. The van der Waals surface area contributed by atoms with Crippen LogP contribution in [0.3, 0.4) is 0 Å². The maximum Gasteiger partial charge on any atom is 0.254 e. The van der Waals surface area contributed by atoms with Gasteiger partial charge in [-0.25, -0.2) is 4.98 Å². The van der Waals surface area contributed by atoms with Crippen LogP contribution in [0.1, 0.15) is 34.3 Å². The topological polar surface area (TPSA) is 63.1 Å². The zero-order chi connectivity index (χ0) is 18.3. The normalized spacial score (nSPS) is 15.6. The molecule has 1 amide bonds. The summed E-state index contributed by atoms with van der Waals surface area (Å²) >= 11 is 1.76. The van der Waals surface area contributed by atoms with E-state index in [1.807, 2.05) is 7.05 Å². The summed E-state index contributed by atoms with van der Waals surface area (Å²) in [5.74, 6) is -0.0392. The average molecular weight is 369 g/mol. The van der Waals surface area contributed by atoms with E-state index in [9.17, 15) is 4.79 Å². The van der Waals surface area contributed by atoms with E-state index in [-0.39, 0.29) is 11.9 Å². The molecule has 1 aliphatic rings. The number of nitrogens with one attached hydrogen (secondary N) is 1. The van der Waals surface area contributed by atoms with Crippen molar-refractivity contribution in [3.05, 3.63) is 41.2 Å². The molecule has 136 valence electrons. The minimum absolute atomic E-state index is 0.0392. The lowest BCUT2D eigenvalue weighted by atomic mass is 10.1. The van der Waals surface area contributed by atoms with Gasteiger partial charge in [-0.1, -0.05) is 17.4 Å². The summed E-state index contributed by atoms with van der Waals surface area (Å²) in [5.41, 5.74) is 4.25. The second-order valence-corrected chi connectivity index (χ2v) is 8.07. The highest BCUT2D eigenvalue weighted by molar-refractivity contribution is 7.22. The van der Waals surface area contributed by atoms with Crippen LogP contribution >= 0.6 is 11.3 Å². The van der Waals surface area contributed by atoms with Crippen molar-refractivity contribution >= 4 is 32.6 Å². The second kappa shape index (κ2) is 6.72. The first-order chi connectivity index (χ1) is 12.5. The molecule has 0 atom stereocenters. The minimum atomic E-state index is -0.0392. The quantitative estimate of drug-likeness (QED) is 0.771. The van der Waals surface area contributed by atoms with Crippen molar-refractivity contribution in [2.75, 3.05) is 18.0 Å². The molecular weight excluding hydrogens is 346 g/mol. The summed E-state index contributed by atoms with van der Waals surface area (Å²) in [6.45, 7) is 6.08. The molecule has 1 aliphatic heterocycles. The number of rotatable bonds is 3. The fraction of sp³-hybridized carbons (Fsp3) is 0.421. The average Bonchev–Trinajstić information content (AvgIpc) is 3.22. The van der Waals surface area contributed by atoms with E-state index in [0.717, 1.165) is 36.6 Å². The van der Waals surface area contributed by atoms with E-state index < -0.39 is 0 Å². The molecule has 0 radical (unpaired) electrons. The van der Waals surface area contributed by atoms with Crippen LogP contribution in [0.15, 0.2) is 24.5 Å². The van der Waals surface area contributed by atoms with Gasteiger partial charge in [-0.3, -0.25) is 9.48 Å². The second-order valence-electron chi connectivity index (χ2n) is 7.06. The van der Waals surface area contributed by atoms with Crippen molar-refractivity contribution in [3.8, 4) is 0 Å². The van der Waals surface area contributed by atoms with E-state index in [0.29, 0.717) is 5.56 Å². The van der Waals surface area contributed by atoms with Gasteiger partial charge in [-0.2, -0.15) is 5.10 Å². The third-order valence-corrected chi connectivity index (χ3v) is 5.95. The molecule has 0 saturated carbocycles. The molecule has 1 fully saturated rings. The van der Waals surface area contributed by atoms with Gasteiger partial charge in [0.2, 0.25) is 0 Å². The van der Waals surface area contributed by atoms with Crippen molar-refractivity contribution in [1.29, 1.82) is 0 Å². The van der Waals surface area contributed by atoms with Crippen LogP contribution in [0.25, 0.3) is 10.2 Å². The van der Waals surface area contributed by atoms with Gasteiger partial charge in [0.1, 0.15) is 0 Å². The zero-order valence-corrected chi connectivity index (χ0v) is 16.1. The number of benzene rings is 1. The summed E-state index contributed by atoms with van der Waals surface area (Å²) in [5, 5.41) is 8.27. The molecule has 1 aromatic carbocycles. The number of thiazole rings is 1. The van der Waals surface area contributed by atoms with Gasteiger partial charge in [0.25, 0.3) is 5.91 Å². The number of piperidine rings is 1. The minimum Gasteiger partial charge on any atom is -0.349 e. The predicted octanol–water partition coefficient (Wildman–Crippen LogP) is 3.05. The monoisotopic (exact) mass is 369 g/mol. The molecule has 3 aromatic rings. The number of aryl methyl sites for hydroxylation is 3. The number of amides is 1. The molecule has 0 unspecified atom stereocenters. The Morgan fingerprint density at radius 2 is 2.04 bits per heavy atom. The first-order valence-corrected chi connectivity index (χ1v) is 9.73. The smallest absolute Gasteiger partial charge is 0.254 e. The van der Waals surface area contributed by atoms with E-state index in [4.69, 9.17) is 4.98 Å². The highest BCUT2D eigenvalue weighted by Crippen LogP contribution is 2.32. The lowest BCUT2D eigenvalue weighted by Crippen LogP contribution is -2.44. The third kappa shape index (κ3) is 3.31. The van der Waals surface area contributed by atoms with Gasteiger partial charge in [-0.05, 0) is 43.9 Å². The Morgan fingerprint density at radius 1 is 1.27 bits per heavy atom. The van der Waals surface area contributed by atoms with Gasteiger partial charge in [0.15, 0.2) is 5.13 Å². The highest BCUT2D eigenvalue weighted by Gasteiger charge is 2.23.